The maximum atomic E-state index is 11.9. The average molecular weight is 312 g/mol. The molecule has 16 heavy (non-hydrogen) atoms. The molecule has 1 fully saturated rings. The van der Waals surface area contributed by atoms with Gasteiger partial charge in [0.15, 0.2) is 0 Å². The van der Waals surface area contributed by atoms with Crippen LogP contribution >= 0.6 is 15.9 Å². The van der Waals surface area contributed by atoms with E-state index in [-0.39, 0.29) is 11.3 Å². The lowest BCUT2D eigenvalue weighted by Crippen LogP contribution is -2.51. The van der Waals surface area contributed by atoms with E-state index in [2.05, 4.69) is 20.7 Å². The maximum Gasteiger partial charge on any atom is 0.212 e. The quantitative estimate of drug-likeness (QED) is 0.767. The van der Waals surface area contributed by atoms with E-state index in [1.807, 2.05) is 6.92 Å². The van der Waals surface area contributed by atoms with Crippen LogP contribution in [0.2, 0.25) is 0 Å². The molecule has 3 nitrogen and oxygen atoms in total. The topological polar surface area (TPSA) is 46.2 Å². The van der Waals surface area contributed by atoms with Crippen molar-refractivity contribution >= 4 is 26.0 Å². The number of alkyl halides is 1. The molecule has 0 amide bonds. The molecule has 0 saturated heterocycles. The van der Waals surface area contributed by atoms with Crippen molar-refractivity contribution < 1.29 is 8.42 Å². The average Bonchev–Trinajstić information content (AvgIpc) is 2.27. The molecule has 0 aromatic rings. The SMILES string of the molecule is CCCCS(=O)(=O)NC1(CBr)CCCCC1. The van der Waals surface area contributed by atoms with E-state index in [0.29, 0.717) is 0 Å². The molecule has 0 bridgehead atoms. The Balaban J connectivity index is 2.61. The van der Waals surface area contributed by atoms with E-state index >= 15 is 0 Å². The van der Waals surface area contributed by atoms with Gasteiger partial charge in [0.2, 0.25) is 10.0 Å². The van der Waals surface area contributed by atoms with E-state index in [1.54, 1.807) is 0 Å². The fraction of sp³-hybridized carbons (Fsp3) is 1.00. The van der Waals surface area contributed by atoms with Gasteiger partial charge < -0.3 is 0 Å². The molecule has 1 N–H and O–H groups in total. The van der Waals surface area contributed by atoms with Gasteiger partial charge in [0.25, 0.3) is 0 Å². The van der Waals surface area contributed by atoms with Crippen molar-refractivity contribution in [2.24, 2.45) is 0 Å². The number of nitrogens with one attached hydrogen (secondary N) is 1. The molecule has 0 unspecified atom stereocenters. The Morgan fingerprint density at radius 3 is 2.38 bits per heavy atom. The van der Waals surface area contributed by atoms with Gasteiger partial charge in [0, 0.05) is 10.9 Å². The van der Waals surface area contributed by atoms with E-state index in [0.717, 1.165) is 43.9 Å². The molecular formula is C11H22BrNO2S. The van der Waals surface area contributed by atoms with Crippen LogP contribution in [0.15, 0.2) is 0 Å². The summed E-state index contributed by atoms with van der Waals surface area (Å²) < 4.78 is 26.7. The van der Waals surface area contributed by atoms with Crippen LogP contribution in [0.4, 0.5) is 0 Å². The summed E-state index contributed by atoms with van der Waals surface area (Å²) in [7, 11) is -3.09. The third kappa shape index (κ3) is 4.34. The van der Waals surface area contributed by atoms with Crippen molar-refractivity contribution in [1.29, 1.82) is 0 Å². The Labute approximate surface area is 108 Å². The van der Waals surface area contributed by atoms with Gasteiger partial charge in [-0.3, -0.25) is 0 Å². The molecule has 1 saturated carbocycles. The Morgan fingerprint density at radius 1 is 1.25 bits per heavy atom. The van der Waals surface area contributed by atoms with E-state index in [1.165, 1.54) is 6.42 Å². The Bertz CT molecular complexity index is 297. The first kappa shape index (κ1) is 14.5. The minimum Gasteiger partial charge on any atom is -0.212 e. The summed E-state index contributed by atoms with van der Waals surface area (Å²) in [6, 6.07) is 0. The van der Waals surface area contributed by atoms with Crippen molar-refractivity contribution in [1.82, 2.24) is 4.72 Å². The van der Waals surface area contributed by atoms with Gasteiger partial charge in [0.05, 0.1) is 5.75 Å². The van der Waals surface area contributed by atoms with Crippen molar-refractivity contribution in [3.63, 3.8) is 0 Å². The van der Waals surface area contributed by atoms with Crippen LogP contribution < -0.4 is 4.72 Å². The third-order valence-corrected chi connectivity index (χ3v) is 5.85. The first-order chi connectivity index (χ1) is 7.54. The molecule has 1 aliphatic rings. The van der Waals surface area contributed by atoms with Gasteiger partial charge in [0.1, 0.15) is 0 Å². The number of hydrogen-bond acceptors (Lipinski definition) is 2. The zero-order valence-electron chi connectivity index (χ0n) is 9.97. The molecule has 0 aromatic carbocycles. The molecule has 0 spiro atoms. The summed E-state index contributed by atoms with van der Waals surface area (Å²) >= 11 is 3.46. The highest BCUT2D eigenvalue weighted by Crippen LogP contribution is 2.30. The van der Waals surface area contributed by atoms with Gasteiger partial charge >= 0.3 is 0 Å². The Morgan fingerprint density at radius 2 is 1.88 bits per heavy atom. The van der Waals surface area contributed by atoms with Gasteiger partial charge in [-0.15, -0.1) is 0 Å². The van der Waals surface area contributed by atoms with Crippen molar-refractivity contribution in [3.8, 4) is 0 Å². The molecule has 0 radical (unpaired) electrons. The second kappa shape index (κ2) is 6.36. The third-order valence-electron chi connectivity index (χ3n) is 3.21. The highest BCUT2D eigenvalue weighted by Gasteiger charge is 2.34. The fourth-order valence-electron chi connectivity index (χ4n) is 2.21. The van der Waals surface area contributed by atoms with Crippen LogP contribution in [0.1, 0.15) is 51.9 Å². The lowest BCUT2D eigenvalue weighted by atomic mass is 9.84. The van der Waals surface area contributed by atoms with Crippen LogP contribution in [0, 0.1) is 0 Å². The van der Waals surface area contributed by atoms with Crippen LogP contribution in [-0.4, -0.2) is 25.0 Å². The normalized spacial score (nSPS) is 20.9. The summed E-state index contributed by atoms with van der Waals surface area (Å²) in [5.74, 6) is 0.262. The monoisotopic (exact) mass is 311 g/mol. The minimum atomic E-state index is -3.09. The molecule has 1 aliphatic carbocycles. The molecule has 0 aliphatic heterocycles. The number of hydrogen-bond donors (Lipinski definition) is 1. The van der Waals surface area contributed by atoms with Gasteiger partial charge in [-0.25, -0.2) is 13.1 Å². The summed E-state index contributed by atoms with van der Waals surface area (Å²) in [6.45, 7) is 2.01. The molecule has 0 heterocycles. The predicted molar refractivity (Wildman–Crippen MR) is 71.4 cm³/mol. The first-order valence-corrected chi connectivity index (χ1v) is 8.88. The second-order valence-electron chi connectivity index (χ2n) is 4.75. The highest BCUT2D eigenvalue weighted by atomic mass is 79.9. The van der Waals surface area contributed by atoms with Gasteiger partial charge in [-0.1, -0.05) is 48.5 Å². The molecule has 0 atom stereocenters. The maximum absolute atomic E-state index is 11.9. The number of halogens is 1. The van der Waals surface area contributed by atoms with E-state index < -0.39 is 10.0 Å². The zero-order chi connectivity index (χ0) is 12.1. The molecular weight excluding hydrogens is 290 g/mol. The smallest absolute Gasteiger partial charge is 0.212 e. The van der Waals surface area contributed by atoms with Crippen LogP contribution in [-0.2, 0) is 10.0 Å². The summed E-state index contributed by atoms with van der Waals surface area (Å²) in [4.78, 5) is 0. The van der Waals surface area contributed by atoms with Crippen molar-refractivity contribution in [3.05, 3.63) is 0 Å². The summed E-state index contributed by atoms with van der Waals surface area (Å²) in [5, 5.41) is 0.728. The first-order valence-electron chi connectivity index (χ1n) is 6.11. The summed E-state index contributed by atoms with van der Waals surface area (Å²) in [6.07, 6.45) is 7.07. The lowest BCUT2D eigenvalue weighted by molar-refractivity contribution is 0.301. The standard InChI is InChI=1S/C11H22BrNO2S/c1-2-3-9-16(14,15)13-11(10-12)7-5-4-6-8-11/h13H,2-10H2,1H3. The van der Waals surface area contributed by atoms with Gasteiger partial charge in [-0.2, -0.15) is 0 Å². The predicted octanol–water partition coefficient (Wildman–Crippen LogP) is 2.80. The second-order valence-corrected chi connectivity index (χ2v) is 7.15. The van der Waals surface area contributed by atoms with E-state index in [4.69, 9.17) is 0 Å². The fourth-order valence-corrected chi connectivity index (χ4v) is 4.80. The van der Waals surface area contributed by atoms with E-state index in [9.17, 15) is 8.42 Å². The number of rotatable bonds is 6. The Hall–Kier alpha value is 0.390. The Kier molecular flexibility index (Phi) is 5.74. The van der Waals surface area contributed by atoms with Crippen LogP contribution in [0.5, 0.6) is 0 Å². The van der Waals surface area contributed by atoms with Crippen molar-refractivity contribution in [2.45, 2.75) is 57.4 Å². The summed E-state index contributed by atoms with van der Waals surface area (Å²) in [5.41, 5.74) is -0.217. The van der Waals surface area contributed by atoms with Gasteiger partial charge in [-0.05, 0) is 19.3 Å². The largest absolute Gasteiger partial charge is 0.212 e. The molecule has 0 aromatic heterocycles. The minimum absolute atomic E-state index is 0.217. The molecule has 96 valence electrons. The van der Waals surface area contributed by atoms with Crippen LogP contribution in [0.25, 0.3) is 0 Å². The zero-order valence-corrected chi connectivity index (χ0v) is 12.4. The molecule has 1 rings (SSSR count). The lowest BCUT2D eigenvalue weighted by Gasteiger charge is -2.36. The van der Waals surface area contributed by atoms with Crippen molar-refractivity contribution in [2.75, 3.05) is 11.1 Å². The number of unbranched alkanes of at least 4 members (excludes halogenated alkanes) is 1. The molecule has 5 heteroatoms. The van der Waals surface area contributed by atoms with Crippen LogP contribution in [0.3, 0.4) is 0 Å². The highest BCUT2D eigenvalue weighted by molar-refractivity contribution is 9.09. The number of sulfonamides is 1.